The Bertz CT molecular complexity index is 1190. The van der Waals surface area contributed by atoms with Crippen molar-refractivity contribution < 1.29 is 18.7 Å². The lowest BCUT2D eigenvalue weighted by molar-refractivity contribution is 0.0695. The Morgan fingerprint density at radius 1 is 1.37 bits per heavy atom. The first-order chi connectivity index (χ1) is 14.5. The highest BCUT2D eigenvalue weighted by Crippen LogP contribution is 2.39. The van der Waals surface area contributed by atoms with Crippen molar-refractivity contribution in [1.29, 1.82) is 0 Å². The highest BCUT2D eigenvalue weighted by molar-refractivity contribution is 5.92. The average Bonchev–Trinajstić information content (AvgIpc) is 3.25. The lowest BCUT2D eigenvalue weighted by atomic mass is 9.94. The van der Waals surface area contributed by atoms with E-state index in [0.717, 1.165) is 24.7 Å². The van der Waals surface area contributed by atoms with Crippen molar-refractivity contribution in [2.75, 3.05) is 24.5 Å². The molecule has 1 aliphatic carbocycles. The molecule has 0 spiro atoms. The molecular formula is C21H21FN4O4. The van der Waals surface area contributed by atoms with Crippen LogP contribution < -0.4 is 16.1 Å². The van der Waals surface area contributed by atoms with E-state index in [2.05, 4.69) is 4.98 Å². The topological polar surface area (TPSA) is 115 Å². The number of pyridine rings is 2. The maximum atomic E-state index is 15.1. The summed E-state index contributed by atoms with van der Waals surface area (Å²) in [5, 5.41) is 9.35. The zero-order valence-electron chi connectivity index (χ0n) is 16.1. The molecule has 1 saturated carbocycles. The molecule has 2 atom stereocenters. The van der Waals surface area contributed by atoms with E-state index in [0.29, 0.717) is 25.3 Å². The number of hydrogen-bond acceptors (Lipinski definition) is 6. The smallest absolute Gasteiger partial charge is 0.341 e. The van der Waals surface area contributed by atoms with Crippen molar-refractivity contribution >= 4 is 22.8 Å². The van der Waals surface area contributed by atoms with Crippen LogP contribution >= 0.6 is 0 Å². The number of nitrogens with zero attached hydrogens (tertiary/aromatic N) is 3. The molecule has 0 bridgehead atoms. The zero-order valence-corrected chi connectivity index (χ0v) is 16.1. The normalized spacial score (nSPS) is 21.5. The first-order valence-corrected chi connectivity index (χ1v) is 9.95. The van der Waals surface area contributed by atoms with Crippen molar-refractivity contribution in [3.05, 3.63) is 58.0 Å². The molecule has 1 aliphatic heterocycles. The Labute approximate surface area is 170 Å². The number of fused-ring (bicyclic) bond motifs is 1. The molecular weight excluding hydrogens is 391 g/mol. The minimum atomic E-state index is -1.33. The fourth-order valence-corrected chi connectivity index (χ4v) is 4.35. The maximum absolute atomic E-state index is 15.1. The summed E-state index contributed by atoms with van der Waals surface area (Å²) >= 11 is 0. The average molecular weight is 412 g/mol. The van der Waals surface area contributed by atoms with Gasteiger partial charge in [-0.25, -0.2) is 14.2 Å². The van der Waals surface area contributed by atoms with E-state index in [9.17, 15) is 14.7 Å². The van der Waals surface area contributed by atoms with Gasteiger partial charge in [-0.2, -0.15) is 0 Å². The van der Waals surface area contributed by atoms with E-state index in [1.54, 1.807) is 10.8 Å². The largest absolute Gasteiger partial charge is 0.477 e. The van der Waals surface area contributed by atoms with Gasteiger partial charge in [-0.15, -0.1) is 0 Å². The van der Waals surface area contributed by atoms with Crippen molar-refractivity contribution in [2.45, 2.75) is 24.8 Å². The second-order valence-corrected chi connectivity index (χ2v) is 8.00. The van der Waals surface area contributed by atoms with Gasteiger partial charge in [0.15, 0.2) is 11.6 Å². The van der Waals surface area contributed by atoms with E-state index >= 15 is 4.39 Å². The van der Waals surface area contributed by atoms with E-state index in [1.807, 2.05) is 17.0 Å². The Kier molecular flexibility index (Phi) is 4.35. The monoisotopic (exact) mass is 412 g/mol. The number of rotatable bonds is 5. The van der Waals surface area contributed by atoms with E-state index in [4.69, 9.17) is 10.2 Å². The van der Waals surface area contributed by atoms with Gasteiger partial charge in [-0.05, 0) is 37.6 Å². The molecule has 0 amide bonds. The van der Waals surface area contributed by atoms with Crippen LogP contribution in [0.15, 0.2) is 39.9 Å². The predicted octanol–water partition coefficient (Wildman–Crippen LogP) is 2.34. The Balaban J connectivity index is 1.61. The fraction of sp³-hybridized carbons (Fsp3) is 0.381. The molecule has 1 saturated heterocycles. The van der Waals surface area contributed by atoms with Gasteiger partial charge in [0.25, 0.3) is 0 Å². The number of carboxylic acid groups (broad SMARTS) is 1. The summed E-state index contributed by atoms with van der Waals surface area (Å²) in [6, 6.07) is 4.89. The molecule has 3 aromatic rings. The molecule has 8 nitrogen and oxygen atoms in total. The van der Waals surface area contributed by atoms with Crippen molar-refractivity contribution in [2.24, 2.45) is 11.7 Å². The van der Waals surface area contributed by atoms with E-state index < -0.39 is 17.2 Å². The van der Waals surface area contributed by atoms with Crippen molar-refractivity contribution in [3.63, 3.8) is 0 Å². The predicted molar refractivity (Wildman–Crippen MR) is 107 cm³/mol. The summed E-state index contributed by atoms with van der Waals surface area (Å²) < 4.78 is 22.3. The van der Waals surface area contributed by atoms with Gasteiger partial charge in [-0.3, -0.25) is 4.79 Å². The SMILES string of the molecule is NC[C@H]1CN(c2nc3c(cc2F)c(=O)c(C(=O)O)cn3C2CC2)C[C@@H]1c1ccco1. The third-order valence-electron chi connectivity index (χ3n) is 6.06. The molecule has 0 aromatic carbocycles. The molecule has 0 unspecified atom stereocenters. The number of nitrogens with two attached hydrogens (primary N) is 1. The minimum absolute atomic E-state index is 0.0137. The van der Waals surface area contributed by atoms with Gasteiger partial charge in [-0.1, -0.05) is 0 Å². The molecule has 4 heterocycles. The standard InChI is InChI=1S/C21H21FN4O4/c22-16-6-13-18(27)15(21(28)29)10-26(12-3-4-12)19(13)24-20(16)25-8-11(7-23)14(9-25)17-2-1-5-30-17/h1-2,5-6,10-12,14H,3-4,7-9,23H2,(H,28,29)/t11-,14-/m0/s1. The summed E-state index contributed by atoms with van der Waals surface area (Å²) in [6.07, 6.45) is 4.67. The summed E-state index contributed by atoms with van der Waals surface area (Å²) in [4.78, 5) is 30.4. The summed E-state index contributed by atoms with van der Waals surface area (Å²) in [5.74, 6) is -0.940. The second kappa shape index (κ2) is 6.94. The van der Waals surface area contributed by atoms with Crippen LogP contribution in [-0.4, -0.2) is 40.3 Å². The van der Waals surface area contributed by atoms with Gasteiger partial charge >= 0.3 is 5.97 Å². The molecule has 3 N–H and O–H groups in total. The molecule has 0 radical (unpaired) electrons. The highest BCUT2D eigenvalue weighted by Gasteiger charge is 2.37. The van der Waals surface area contributed by atoms with Crippen LogP contribution in [0.1, 0.15) is 40.9 Å². The third kappa shape index (κ3) is 2.97. The number of hydrogen-bond donors (Lipinski definition) is 2. The molecule has 2 aliphatic rings. The third-order valence-corrected chi connectivity index (χ3v) is 6.06. The molecule has 3 aromatic heterocycles. The summed E-state index contributed by atoms with van der Waals surface area (Å²) in [6.45, 7) is 1.43. The number of anilines is 1. The van der Waals surface area contributed by atoms with E-state index in [-0.39, 0.29) is 34.6 Å². The lowest BCUT2D eigenvalue weighted by Gasteiger charge is -2.20. The number of aromatic carboxylic acids is 1. The quantitative estimate of drug-likeness (QED) is 0.661. The van der Waals surface area contributed by atoms with E-state index in [1.165, 1.54) is 6.20 Å². The Hall–Kier alpha value is -3.20. The highest BCUT2D eigenvalue weighted by atomic mass is 19.1. The van der Waals surface area contributed by atoms with Crippen LogP contribution in [-0.2, 0) is 0 Å². The number of halogens is 1. The van der Waals surface area contributed by atoms with Crippen LogP contribution in [0.25, 0.3) is 11.0 Å². The number of furan rings is 1. The number of aromatic nitrogens is 2. The van der Waals surface area contributed by atoms with Gasteiger partial charge in [0, 0.05) is 37.2 Å². The first kappa shape index (κ1) is 18.8. The summed E-state index contributed by atoms with van der Waals surface area (Å²) in [7, 11) is 0. The number of carbonyl (C=O) groups is 1. The molecule has 2 fully saturated rings. The van der Waals surface area contributed by atoms with Crippen LogP contribution in [0.5, 0.6) is 0 Å². The van der Waals surface area contributed by atoms with Gasteiger partial charge in [0.1, 0.15) is 17.0 Å². The molecule has 156 valence electrons. The van der Waals surface area contributed by atoms with Crippen LogP contribution in [0.2, 0.25) is 0 Å². The Morgan fingerprint density at radius 3 is 2.80 bits per heavy atom. The van der Waals surface area contributed by atoms with Crippen LogP contribution in [0.3, 0.4) is 0 Å². The second-order valence-electron chi connectivity index (χ2n) is 8.00. The zero-order chi connectivity index (χ0) is 21.0. The van der Waals surface area contributed by atoms with Crippen molar-refractivity contribution in [1.82, 2.24) is 9.55 Å². The van der Waals surface area contributed by atoms with Crippen molar-refractivity contribution in [3.8, 4) is 0 Å². The maximum Gasteiger partial charge on any atom is 0.341 e. The lowest BCUT2D eigenvalue weighted by Crippen LogP contribution is -2.26. The van der Waals surface area contributed by atoms with Gasteiger partial charge in [0.05, 0.1) is 11.6 Å². The van der Waals surface area contributed by atoms with Crippen LogP contribution in [0.4, 0.5) is 10.2 Å². The Morgan fingerprint density at radius 2 is 2.17 bits per heavy atom. The fourth-order valence-electron chi connectivity index (χ4n) is 4.35. The molecule has 30 heavy (non-hydrogen) atoms. The minimum Gasteiger partial charge on any atom is -0.477 e. The summed E-state index contributed by atoms with van der Waals surface area (Å²) in [5.41, 5.74) is 5.18. The van der Waals surface area contributed by atoms with Gasteiger partial charge in [0.2, 0.25) is 5.43 Å². The number of carboxylic acids is 1. The molecule has 5 rings (SSSR count). The van der Waals surface area contributed by atoms with Gasteiger partial charge < -0.3 is 24.7 Å². The first-order valence-electron chi connectivity index (χ1n) is 9.95. The molecule has 9 heteroatoms. The van der Waals surface area contributed by atoms with Crippen LogP contribution in [0, 0.1) is 11.7 Å².